The maximum Gasteiger partial charge on any atom is 0.0610 e. The zero-order chi connectivity index (χ0) is 12.7. The van der Waals surface area contributed by atoms with Crippen molar-refractivity contribution in [3.63, 3.8) is 0 Å². The summed E-state index contributed by atoms with van der Waals surface area (Å²) in [5, 5.41) is 12.5. The normalized spacial score (nSPS) is 21.0. The Bertz CT molecular complexity index is 198. The Morgan fingerprint density at radius 2 is 2.00 bits per heavy atom. The van der Waals surface area contributed by atoms with E-state index in [0.717, 1.165) is 25.3 Å². The Morgan fingerprint density at radius 1 is 1.35 bits per heavy atom. The summed E-state index contributed by atoms with van der Waals surface area (Å²) in [6, 6.07) is 0. The number of aliphatic hydroxyl groups excluding tert-OH is 1. The highest BCUT2D eigenvalue weighted by atomic mass is 16.3. The van der Waals surface area contributed by atoms with Gasteiger partial charge in [-0.1, -0.05) is 12.8 Å². The second-order valence-corrected chi connectivity index (χ2v) is 5.99. The third kappa shape index (κ3) is 5.36. The molecule has 0 radical (unpaired) electrons. The topological polar surface area (TPSA) is 35.5 Å². The minimum absolute atomic E-state index is 0.103. The van der Waals surface area contributed by atoms with E-state index in [1.807, 2.05) is 7.05 Å². The van der Waals surface area contributed by atoms with E-state index >= 15 is 0 Å². The van der Waals surface area contributed by atoms with Gasteiger partial charge in [0.15, 0.2) is 0 Å². The van der Waals surface area contributed by atoms with Crippen LogP contribution in [-0.2, 0) is 0 Å². The monoisotopic (exact) mass is 242 g/mol. The summed E-state index contributed by atoms with van der Waals surface area (Å²) >= 11 is 0. The molecule has 0 aliphatic heterocycles. The minimum atomic E-state index is -0.103. The smallest absolute Gasteiger partial charge is 0.0610 e. The molecule has 1 atom stereocenters. The number of nitrogens with one attached hydrogen (secondary N) is 1. The Hall–Kier alpha value is -0.120. The van der Waals surface area contributed by atoms with Gasteiger partial charge in [0.2, 0.25) is 0 Å². The molecular weight excluding hydrogens is 212 g/mol. The molecule has 0 aromatic carbocycles. The van der Waals surface area contributed by atoms with Gasteiger partial charge in [-0.15, -0.1) is 0 Å². The maximum absolute atomic E-state index is 9.30. The van der Waals surface area contributed by atoms with Crippen molar-refractivity contribution >= 4 is 0 Å². The molecule has 0 heterocycles. The van der Waals surface area contributed by atoms with Crippen molar-refractivity contribution in [2.24, 2.45) is 5.92 Å². The van der Waals surface area contributed by atoms with E-state index < -0.39 is 0 Å². The molecule has 3 nitrogen and oxygen atoms in total. The van der Waals surface area contributed by atoms with Gasteiger partial charge in [0, 0.05) is 12.1 Å². The number of rotatable bonds is 8. The fourth-order valence-corrected chi connectivity index (χ4v) is 2.75. The SMILES string of the molecule is CNC(C)(CO)CCCN(C)CC1CCCC1. The summed E-state index contributed by atoms with van der Waals surface area (Å²) < 4.78 is 0. The molecule has 3 heteroatoms. The van der Waals surface area contributed by atoms with E-state index in [2.05, 4.69) is 24.2 Å². The average Bonchev–Trinajstić information content (AvgIpc) is 2.81. The number of aliphatic hydroxyl groups is 1. The van der Waals surface area contributed by atoms with Gasteiger partial charge < -0.3 is 15.3 Å². The lowest BCUT2D eigenvalue weighted by Gasteiger charge is -2.28. The Balaban J connectivity index is 2.12. The van der Waals surface area contributed by atoms with Crippen LogP contribution >= 0.6 is 0 Å². The van der Waals surface area contributed by atoms with Crippen LogP contribution in [-0.4, -0.2) is 49.3 Å². The Kier molecular flexibility index (Phi) is 6.45. The van der Waals surface area contributed by atoms with E-state index in [4.69, 9.17) is 0 Å². The van der Waals surface area contributed by atoms with Crippen molar-refractivity contribution in [1.29, 1.82) is 0 Å². The summed E-state index contributed by atoms with van der Waals surface area (Å²) in [5.74, 6) is 0.938. The van der Waals surface area contributed by atoms with Crippen LogP contribution in [0.15, 0.2) is 0 Å². The summed E-state index contributed by atoms with van der Waals surface area (Å²) in [5.41, 5.74) is -0.103. The standard InChI is InChI=1S/C14H30N2O/c1-14(12-17,15-2)9-6-10-16(3)11-13-7-4-5-8-13/h13,15,17H,4-12H2,1-3H3. The van der Waals surface area contributed by atoms with Crippen molar-refractivity contribution in [2.75, 3.05) is 33.8 Å². The van der Waals surface area contributed by atoms with Crippen molar-refractivity contribution < 1.29 is 5.11 Å². The van der Waals surface area contributed by atoms with Crippen LogP contribution < -0.4 is 5.32 Å². The highest BCUT2D eigenvalue weighted by Crippen LogP contribution is 2.25. The van der Waals surface area contributed by atoms with E-state index in [1.165, 1.54) is 32.2 Å². The molecule has 0 aromatic rings. The first-order chi connectivity index (χ1) is 8.09. The number of likely N-dealkylation sites (N-methyl/N-ethyl adjacent to an activating group) is 1. The molecule has 0 saturated heterocycles. The second-order valence-electron chi connectivity index (χ2n) is 5.99. The fraction of sp³-hybridized carbons (Fsp3) is 1.00. The molecule has 1 fully saturated rings. The highest BCUT2D eigenvalue weighted by Gasteiger charge is 2.21. The number of hydrogen-bond acceptors (Lipinski definition) is 3. The zero-order valence-electron chi connectivity index (χ0n) is 11.8. The van der Waals surface area contributed by atoms with Crippen LogP contribution in [0, 0.1) is 5.92 Å². The Morgan fingerprint density at radius 3 is 2.53 bits per heavy atom. The van der Waals surface area contributed by atoms with Crippen LogP contribution in [0.25, 0.3) is 0 Å². The van der Waals surface area contributed by atoms with Crippen LogP contribution in [0.1, 0.15) is 45.4 Å². The third-order valence-electron chi connectivity index (χ3n) is 4.27. The molecule has 102 valence electrons. The predicted octanol–water partition coefficient (Wildman–Crippen LogP) is 1.86. The van der Waals surface area contributed by atoms with Gasteiger partial charge in [0.25, 0.3) is 0 Å². The molecule has 0 amide bonds. The van der Waals surface area contributed by atoms with Crippen molar-refractivity contribution in [1.82, 2.24) is 10.2 Å². The maximum atomic E-state index is 9.30. The van der Waals surface area contributed by atoms with Gasteiger partial charge in [-0.2, -0.15) is 0 Å². The predicted molar refractivity (Wildman–Crippen MR) is 73.2 cm³/mol. The second kappa shape index (κ2) is 7.34. The van der Waals surface area contributed by atoms with Gasteiger partial charge in [0.1, 0.15) is 0 Å². The Labute approximate surface area is 107 Å². The van der Waals surface area contributed by atoms with Gasteiger partial charge in [-0.3, -0.25) is 0 Å². The molecule has 2 N–H and O–H groups in total. The van der Waals surface area contributed by atoms with Crippen molar-refractivity contribution in [3.05, 3.63) is 0 Å². The molecule has 0 spiro atoms. The van der Waals surface area contributed by atoms with Gasteiger partial charge in [-0.25, -0.2) is 0 Å². The van der Waals surface area contributed by atoms with E-state index in [1.54, 1.807) is 0 Å². The highest BCUT2D eigenvalue weighted by molar-refractivity contribution is 4.80. The lowest BCUT2D eigenvalue weighted by Crippen LogP contribution is -2.43. The van der Waals surface area contributed by atoms with Gasteiger partial charge in [0.05, 0.1) is 6.61 Å². The van der Waals surface area contributed by atoms with Crippen LogP contribution in [0.2, 0.25) is 0 Å². The third-order valence-corrected chi connectivity index (χ3v) is 4.27. The summed E-state index contributed by atoms with van der Waals surface area (Å²) in [6.07, 6.45) is 7.90. The van der Waals surface area contributed by atoms with Crippen LogP contribution in [0.4, 0.5) is 0 Å². The average molecular weight is 242 g/mol. The lowest BCUT2D eigenvalue weighted by atomic mass is 9.97. The summed E-state index contributed by atoms with van der Waals surface area (Å²) in [6.45, 7) is 4.71. The molecule has 1 rings (SSSR count). The first-order valence-corrected chi connectivity index (χ1v) is 7.08. The molecular formula is C14H30N2O. The van der Waals surface area contributed by atoms with Crippen molar-refractivity contribution in [3.8, 4) is 0 Å². The molecule has 0 bridgehead atoms. The quantitative estimate of drug-likeness (QED) is 0.682. The van der Waals surface area contributed by atoms with E-state index in [9.17, 15) is 5.11 Å². The largest absolute Gasteiger partial charge is 0.394 e. The zero-order valence-corrected chi connectivity index (χ0v) is 11.8. The fourth-order valence-electron chi connectivity index (χ4n) is 2.75. The molecule has 17 heavy (non-hydrogen) atoms. The van der Waals surface area contributed by atoms with Gasteiger partial charge in [-0.05, 0) is 59.2 Å². The van der Waals surface area contributed by atoms with Gasteiger partial charge >= 0.3 is 0 Å². The van der Waals surface area contributed by atoms with E-state index in [-0.39, 0.29) is 12.1 Å². The summed E-state index contributed by atoms with van der Waals surface area (Å²) in [4.78, 5) is 2.46. The number of nitrogens with zero attached hydrogens (tertiary/aromatic N) is 1. The minimum Gasteiger partial charge on any atom is -0.394 e. The summed E-state index contributed by atoms with van der Waals surface area (Å²) in [7, 11) is 4.16. The van der Waals surface area contributed by atoms with Crippen LogP contribution in [0.5, 0.6) is 0 Å². The lowest BCUT2D eigenvalue weighted by molar-refractivity contribution is 0.164. The first-order valence-electron chi connectivity index (χ1n) is 7.08. The van der Waals surface area contributed by atoms with E-state index in [0.29, 0.717) is 0 Å². The molecule has 0 aromatic heterocycles. The van der Waals surface area contributed by atoms with Crippen molar-refractivity contribution in [2.45, 2.75) is 51.0 Å². The first kappa shape index (κ1) is 14.9. The molecule has 1 saturated carbocycles. The molecule has 1 aliphatic carbocycles. The molecule has 1 unspecified atom stereocenters. The van der Waals surface area contributed by atoms with Crippen LogP contribution in [0.3, 0.4) is 0 Å². The number of hydrogen-bond donors (Lipinski definition) is 2. The molecule has 1 aliphatic rings.